The van der Waals surface area contributed by atoms with Gasteiger partial charge >= 0.3 is 5.97 Å². The molecule has 72 valence electrons. The molecule has 5 nitrogen and oxygen atoms in total. The number of nitriles is 1. The van der Waals surface area contributed by atoms with Gasteiger partial charge in [-0.2, -0.15) is 5.26 Å². The number of nitrogen functional groups attached to an aromatic ring is 1. The van der Waals surface area contributed by atoms with Crippen LogP contribution in [0, 0.1) is 11.3 Å². The number of esters is 1. The summed E-state index contributed by atoms with van der Waals surface area (Å²) in [5.74, 6) is -0.489. The van der Waals surface area contributed by atoms with Crippen molar-refractivity contribution in [3.05, 3.63) is 23.4 Å². The predicted octanol–water partition coefficient (Wildman–Crippen LogP) is 0.712. The summed E-state index contributed by atoms with van der Waals surface area (Å²) >= 11 is 0. The predicted molar refractivity (Wildman–Crippen MR) is 49.3 cm³/mol. The standard InChI is InChI=1S/C9H9N3O2/c1-2-14-9(13)7-3-6(4-10)5-12-8(7)11/h3,5H,2H2,1H3,(H2,11,12). The Morgan fingerprint density at radius 2 is 2.50 bits per heavy atom. The Morgan fingerprint density at radius 1 is 1.79 bits per heavy atom. The van der Waals surface area contributed by atoms with Crippen LogP contribution < -0.4 is 5.73 Å². The van der Waals surface area contributed by atoms with Gasteiger partial charge in [0.15, 0.2) is 0 Å². The van der Waals surface area contributed by atoms with E-state index in [4.69, 9.17) is 15.7 Å². The molecule has 1 aromatic heterocycles. The quantitative estimate of drug-likeness (QED) is 0.695. The maximum atomic E-state index is 11.3. The van der Waals surface area contributed by atoms with Crippen LogP contribution in [0.4, 0.5) is 5.82 Å². The fraction of sp³-hybridized carbons (Fsp3) is 0.222. The summed E-state index contributed by atoms with van der Waals surface area (Å²) in [4.78, 5) is 15.0. The van der Waals surface area contributed by atoms with Gasteiger partial charge in [-0.15, -0.1) is 0 Å². The topological polar surface area (TPSA) is 89.0 Å². The van der Waals surface area contributed by atoms with Crippen molar-refractivity contribution in [3.8, 4) is 6.07 Å². The number of carbonyl (C=O) groups excluding carboxylic acids is 1. The molecular weight excluding hydrogens is 182 g/mol. The maximum Gasteiger partial charge on any atom is 0.341 e. The normalized spacial score (nSPS) is 9.14. The van der Waals surface area contributed by atoms with Crippen LogP contribution in [-0.4, -0.2) is 17.6 Å². The molecule has 1 rings (SSSR count). The molecule has 0 saturated carbocycles. The molecule has 0 bridgehead atoms. The monoisotopic (exact) mass is 191 g/mol. The highest BCUT2D eigenvalue weighted by Crippen LogP contribution is 2.11. The molecule has 1 aromatic rings. The minimum absolute atomic E-state index is 0.0717. The number of nitrogens with zero attached hydrogens (tertiary/aromatic N) is 2. The molecule has 0 amide bonds. The van der Waals surface area contributed by atoms with Crippen LogP contribution in [0.3, 0.4) is 0 Å². The van der Waals surface area contributed by atoms with E-state index in [0.29, 0.717) is 0 Å². The number of nitrogens with two attached hydrogens (primary N) is 1. The molecule has 2 N–H and O–H groups in total. The van der Waals surface area contributed by atoms with Crippen molar-refractivity contribution >= 4 is 11.8 Å². The van der Waals surface area contributed by atoms with Crippen LogP contribution in [0.25, 0.3) is 0 Å². The lowest BCUT2D eigenvalue weighted by Gasteiger charge is -2.03. The second kappa shape index (κ2) is 4.23. The Bertz CT molecular complexity index is 396. The molecule has 0 spiro atoms. The zero-order valence-corrected chi connectivity index (χ0v) is 7.65. The van der Waals surface area contributed by atoms with Gasteiger partial charge in [0.25, 0.3) is 0 Å². The van der Waals surface area contributed by atoms with Gasteiger partial charge in [-0.05, 0) is 13.0 Å². The van der Waals surface area contributed by atoms with Gasteiger partial charge in [-0.25, -0.2) is 9.78 Å². The van der Waals surface area contributed by atoms with E-state index in [0.717, 1.165) is 0 Å². The van der Waals surface area contributed by atoms with E-state index in [2.05, 4.69) is 4.98 Å². The Kier molecular flexibility index (Phi) is 3.02. The lowest BCUT2D eigenvalue weighted by atomic mass is 10.2. The number of carbonyl (C=O) groups is 1. The van der Waals surface area contributed by atoms with Gasteiger partial charge in [-0.1, -0.05) is 0 Å². The molecule has 0 radical (unpaired) electrons. The lowest BCUT2D eigenvalue weighted by Crippen LogP contribution is -2.09. The van der Waals surface area contributed by atoms with Crippen LogP contribution in [0.15, 0.2) is 12.3 Å². The van der Waals surface area contributed by atoms with Crippen molar-refractivity contribution in [2.75, 3.05) is 12.3 Å². The van der Waals surface area contributed by atoms with Gasteiger partial charge in [0.05, 0.1) is 12.2 Å². The fourth-order valence-electron chi connectivity index (χ4n) is 0.909. The van der Waals surface area contributed by atoms with Crippen molar-refractivity contribution in [3.63, 3.8) is 0 Å². The van der Waals surface area contributed by atoms with E-state index in [-0.39, 0.29) is 23.6 Å². The summed E-state index contributed by atoms with van der Waals surface area (Å²) in [5.41, 5.74) is 5.86. The number of ether oxygens (including phenoxy) is 1. The second-order valence-corrected chi connectivity index (χ2v) is 2.49. The van der Waals surface area contributed by atoms with Crippen molar-refractivity contribution in [2.24, 2.45) is 0 Å². The SMILES string of the molecule is CCOC(=O)c1cc(C#N)cnc1N. The summed E-state index contributed by atoms with van der Waals surface area (Å²) < 4.78 is 4.74. The van der Waals surface area contributed by atoms with Crippen molar-refractivity contribution in [1.29, 1.82) is 5.26 Å². The molecule has 0 saturated heterocycles. The Hall–Kier alpha value is -2.09. The number of hydrogen-bond donors (Lipinski definition) is 1. The third-order valence-corrected chi connectivity index (χ3v) is 1.54. The van der Waals surface area contributed by atoms with Crippen molar-refractivity contribution < 1.29 is 9.53 Å². The Labute approximate surface area is 81.1 Å². The van der Waals surface area contributed by atoms with E-state index >= 15 is 0 Å². The first-order valence-electron chi connectivity index (χ1n) is 4.01. The summed E-state index contributed by atoms with van der Waals surface area (Å²) in [5, 5.41) is 8.58. The molecule has 0 aliphatic heterocycles. The molecule has 0 fully saturated rings. The third-order valence-electron chi connectivity index (χ3n) is 1.54. The first-order valence-corrected chi connectivity index (χ1v) is 4.01. The van der Waals surface area contributed by atoms with Gasteiger partial charge in [0.1, 0.15) is 17.5 Å². The van der Waals surface area contributed by atoms with Gasteiger partial charge in [0, 0.05) is 6.20 Å². The van der Waals surface area contributed by atoms with Gasteiger partial charge in [0.2, 0.25) is 0 Å². The Morgan fingerprint density at radius 3 is 3.07 bits per heavy atom. The second-order valence-electron chi connectivity index (χ2n) is 2.49. The molecule has 0 atom stereocenters. The van der Waals surface area contributed by atoms with Gasteiger partial charge < -0.3 is 10.5 Å². The molecule has 5 heteroatoms. The van der Waals surface area contributed by atoms with Crippen LogP contribution in [0.5, 0.6) is 0 Å². The molecule has 1 heterocycles. The summed E-state index contributed by atoms with van der Waals surface area (Å²) in [6, 6.07) is 3.23. The van der Waals surface area contributed by atoms with E-state index in [1.807, 2.05) is 6.07 Å². The minimum Gasteiger partial charge on any atom is -0.462 e. The number of pyridine rings is 1. The Balaban J connectivity index is 3.07. The summed E-state index contributed by atoms with van der Waals surface area (Å²) in [7, 11) is 0. The van der Waals surface area contributed by atoms with Crippen molar-refractivity contribution in [2.45, 2.75) is 6.92 Å². The molecule has 0 aliphatic rings. The maximum absolute atomic E-state index is 11.3. The molecule has 14 heavy (non-hydrogen) atoms. The first kappa shape index (κ1) is 9.99. The number of aromatic nitrogens is 1. The molecule has 0 unspecified atom stereocenters. The number of hydrogen-bond acceptors (Lipinski definition) is 5. The highest BCUT2D eigenvalue weighted by Gasteiger charge is 2.12. The van der Waals surface area contributed by atoms with E-state index in [9.17, 15) is 4.79 Å². The first-order chi connectivity index (χ1) is 6.69. The average Bonchev–Trinajstić information content (AvgIpc) is 2.19. The highest BCUT2D eigenvalue weighted by atomic mass is 16.5. The largest absolute Gasteiger partial charge is 0.462 e. The molecular formula is C9H9N3O2. The zero-order valence-electron chi connectivity index (χ0n) is 7.65. The number of anilines is 1. The number of rotatable bonds is 2. The van der Waals surface area contributed by atoms with Crippen LogP contribution in [0.2, 0.25) is 0 Å². The molecule has 0 aromatic carbocycles. The van der Waals surface area contributed by atoms with E-state index in [1.165, 1.54) is 12.3 Å². The minimum atomic E-state index is -0.561. The average molecular weight is 191 g/mol. The summed E-state index contributed by atoms with van der Waals surface area (Å²) in [6.07, 6.45) is 1.30. The van der Waals surface area contributed by atoms with Gasteiger partial charge in [-0.3, -0.25) is 0 Å². The van der Waals surface area contributed by atoms with Crippen LogP contribution in [0.1, 0.15) is 22.8 Å². The molecule has 0 aliphatic carbocycles. The highest BCUT2D eigenvalue weighted by molar-refractivity contribution is 5.94. The lowest BCUT2D eigenvalue weighted by molar-refractivity contribution is 0.0527. The zero-order chi connectivity index (χ0) is 10.6. The van der Waals surface area contributed by atoms with E-state index in [1.54, 1.807) is 6.92 Å². The third kappa shape index (κ3) is 1.98. The van der Waals surface area contributed by atoms with Crippen LogP contribution in [-0.2, 0) is 4.74 Å². The van der Waals surface area contributed by atoms with E-state index < -0.39 is 5.97 Å². The fourth-order valence-corrected chi connectivity index (χ4v) is 0.909. The van der Waals surface area contributed by atoms with Crippen LogP contribution >= 0.6 is 0 Å². The summed E-state index contributed by atoms with van der Waals surface area (Å²) in [6.45, 7) is 1.95. The van der Waals surface area contributed by atoms with Crippen molar-refractivity contribution in [1.82, 2.24) is 4.98 Å². The smallest absolute Gasteiger partial charge is 0.341 e.